The van der Waals surface area contributed by atoms with E-state index >= 15 is 0 Å². The molecule has 0 fully saturated rings. The summed E-state index contributed by atoms with van der Waals surface area (Å²) in [4.78, 5) is 22.8. The molecule has 3 aromatic rings. The third-order valence-electron chi connectivity index (χ3n) is 6.12. The second-order valence-corrected chi connectivity index (χ2v) is 8.62. The summed E-state index contributed by atoms with van der Waals surface area (Å²) in [5.74, 6) is 0.736. The van der Waals surface area contributed by atoms with Gasteiger partial charge in [0.25, 0.3) is 0 Å². The zero-order valence-corrected chi connectivity index (χ0v) is 21.3. The number of carbonyl (C=O) groups is 2. The number of amides is 1. The smallest absolute Gasteiger partial charge is 0.407 e. The van der Waals surface area contributed by atoms with Gasteiger partial charge in [-0.2, -0.15) is 0 Å². The average Bonchev–Trinajstić information content (AvgIpc) is 3.28. The molecule has 0 saturated carbocycles. The second kappa shape index (κ2) is 14.9. The van der Waals surface area contributed by atoms with E-state index in [4.69, 9.17) is 23.7 Å². The fraction of sp³-hybridized carbons (Fsp3) is 0.333. The first-order valence-electron chi connectivity index (χ1n) is 12.8. The van der Waals surface area contributed by atoms with Crippen molar-refractivity contribution in [2.24, 2.45) is 0 Å². The van der Waals surface area contributed by atoms with E-state index in [2.05, 4.69) is 29.6 Å². The lowest BCUT2D eigenvalue weighted by Gasteiger charge is -2.14. The topological polar surface area (TPSA) is 92.3 Å². The van der Waals surface area contributed by atoms with Gasteiger partial charge in [0.1, 0.15) is 25.2 Å². The Bertz CT molecular complexity index is 1120. The summed E-state index contributed by atoms with van der Waals surface area (Å²) in [6, 6.07) is 23.4. The normalized spacial score (nSPS) is 12.0. The summed E-state index contributed by atoms with van der Waals surface area (Å²) < 4.78 is 27.5. The van der Waals surface area contributed by atoms with Gasteiger partial charge >= 0.3 is 6.09 Å². The van der Waals surface area contributed by atoms with Crippen LogP contribution < -0.4 is 10.1 Å². The molecule has 0 saturated heterocycles. The standard InChI is InChI=1S/C30H33NO7/c32-21-23-9-11-24(12-10-23)37-20-19-36-18-17-35-16-15-34-14-13-31-30(33)38-22-29-27-7-3-1-5-25(27)26-6-2-4-8-28(26)29/h1-12,21,29H,13-20,22H2,(H,31,33). The number of alkyl carbamates (subject to hydrolysis) is 1. The van der Waals surface area contributed by atoms with Gasteiger partial charge in [-0.15, -0.1) is 0 Å². The molecule has 8 nitrogen and oxygen atoms in total. The van der Waals surface area contributed by atoms with E-state index in [1.165, 1.54) is 22.3 Å². The number of rotatable bonds is 16. The highest BCUT2D eigenvalue weighted by Gasteiger charge is 2.28. The van der Waals surface area contributed by atoms with Crippen LogP contribution in [0.25, 0.3) is 11.1 Å². The van der Waals surface area contributed by atoms with Crippen molar-refractivity contribution in [3.8, 4) is 16.9 Å². The molecule has 0 heterocycles. The molecule has 0 aliphatic heterocycles. The number of hydrogen-bond donors (Lipinski definition) is 1. The number of hydrogen-bond acceptors (Lipinski definition) is 7. The van der Waals surface area contributed by atoms with E-state index in [0.717, 1.165) is 6.29 Å². The van der Waals surface area contributed by atoms with Crippen molar-refractivity contribution >= 4 is 12.4 Å². The molecular weight excluding hydrogens is 486 g/mol. The number of ether oxygens (including phenoxy) is 5. The molecule has 8 heteroatoms. The molecule has 0 bridgehead atoms. The van der Waals surface area contributed by atoms with Gasteiger partial charge in [-0.05, 0) is 46.5 Å². The monoisotopic (exact) mass is 519 g/mol. The van der Waals surface area contributed by atoms with Gasteiger partial charge in [0, 0.05) is 18.0 Å². The average molecular weight is 520 g/mol. The molecule has 0 radical (unpaired) electrons. The largest absolute Gasteiger partial charge is 0.491 e. The molecule has 3 aromatic carbocycles. The highest BCUT2D eigenvalue weighted by atomic mass is 16.6. The third kappa shape index (κ3) is 7.89. The maximum absolute atomic E-state index is 12.2. The van der Waals surface area contributed by atoms with Crippen molar-refractivity contribution in [3.05, 3.63) is 89.5 Å². The van der Waals surface area contributed by atoms with E-state index in [1.54, 1.807) is 24.3 Å². The summed E-state index contributed by atoms with van der Waals surface area (Å²) in [7, 11) is 0. The Balaban J connectivity index is 0.976. The molecule has 0 unspecified atom stereocenters. The van der Waals surface area contributed by atoms with Gasteiger partial charge in [0.05, 0.1) is 39.6 Å². The lowest BCUT2D eigenvalue weighted by Crippen LogP contribution is -2.29. The molecule has 1 aliphatic carbocycles. The molecule has 0 atom stereocenters. The van der Waals surface area contributed by atoms with Crippen molar-refractivity contribution in [2.75, 3.05) is 59.4 Å². The first-order valence-corrected chi connectivity index (χ1v) is 12.8. The van der Waals surface area contributed by atoms with Gasteiger partial charge in [-0.3, -0.25) is 4.79 Å². The predicted octanol–water partition coefficient (Wildman–Crippen LogP) is 4.47. The zero-order valence-electron chi connectivity index (χ0n) is 21.3. The van der Waals surface area contributed by atoms with Crippen LogP contribution in [0.2, 0.25) is 0 Å². The third-order valence-corrected chi connectivity index (χ3v) is 6.12. The predicted molar refractivity (Wildman–Crippen MR) is 143 cm³/mol. The SMILES string of the molecule is O=Cc1ccc(OCCOCCOCCOCCNC(=O)OCC2c3ccccc3-c3ccccc32)cc1. The Morgan fingerprint density at radius 1 is 0.711 bits per heavy atom. The Morgan fingerprint density at radius 2 is 1.26 bits per heavy atom. The maximum atomic E-state index is 12.2. The van der Waals surface area contributed by atoms with Crippen LogP contribution in [0.4, 0.5) is 4.79 Å². The van der Waals surface area contributed by atoms with E-state index in [0.29, 0.717) is 64.1 Å². The Labute approximate surface area is 222 Å². The Hall–Kier alpha value is -3.72. The highest BCUT2D eigenvalue weighted by Crippen LogP contribution is 2.44. The molecule has 4 rings (SSSR count). The van der Waals surface area contributed by atoms with E-state index in [-0.39, 0.29) is 12.5 Å². The Morgan fingerprint density at radius 3 is 1.87 bits per heavy atom. The van der Waals surface area contributed by atoms with Crippen LogP contribution >= 0.6 is 0 Å². The van der Waals surface area contributed by atoms with Crippen LogP contribution in [-0.2, 0) is 18.9 Å². The van der Waals surface area contributed by atoms with Crippen molar-refractivity contribution in [2.45, 2.75) is 5.92 Å². The van der Waals surface area contributed by atoms with Gasteiger partial charge in [-0.25, -0.2) is 4.79 Å². The Kier molecular flexibility index (Phi) is 10.7. The lowest BCUT2D eigenvalue weighted by molar-refractivity contribution is 0.00979. The van der Waals surface area contributed by atoms with Gasteiger partial charge in [-0.1, -0.05) is 48.5 Å². The van der Waals surface area contributed by atoms with Crippen molar-refractivity contribution in [3.63, 3.8) is 0 Å². The molecule has 200 valence electrons. The van der Waals surface area contributed by atoms with Crippen LogP contribution in [-0.4, -0.2) is 71.8 Å². The van der Waals surface area contributed by atoms with Crippen molar-refractivity contribution in [1.82, 2.24) is 5.32 Å². The first-order chi connectivity index (χ1) is 18.8. The van der Waals surface area contributed by atoms with Gasteiger partial charge in [0.2, 0.25) is 0 Å². The van der Waals surface area contributed by atoms with Crippen LogP contribution in [0.15, 0.2) is 72.8 Å². The van der Waals surface area contributed by atoms with Crippen LogP contribution in [0, 0.1) is 0 Å². The molecular formula is C30H33NO7. The molecule has 38 heavy (non-hydrogen) atoms. The molecule has 1 aliphatic rings. The fourth-order valence-electron chi connectivity index (χ4n) is 4.28. The van der Waals surface area contributed by atoms with Crippen LogP contribution in [0.3, 0.4) is 0 Å². The quantitative estimate of drug-likeness (QED) is 0.221. The second-order valence-electron chi connectivity index (χ2n) is 8.62. The number of benzene rings is 3. The minimum Gasteiger partial charge on any atom is -0.491 e. The lowest BCUT2D eigenvalue weighted by atomic mass is 9.98. The van der Waals surface area contributed by atoms with E-state index in [9.17, 15) is 9.59 Å². The van der Waals surface area contributed by atoms with Gasteiger partial charge < -0.3 is 29.0 Å². The number of aldehydes is 1. The summed E-state index contributed by atoms with van der Waals surface area (Å²) in [6.07, 6.45) is 0.341. The molecule has 1 N–H and O–H groups in total. The number of nitrogens with one attached hydrogen (secondary N) is 1. The minimum absolute atomic E-state index is 0.0414. The minimum atomic E-state index is -0.453. The van der Waals surface area contributed by atoms with Crippen molar-refractivity contribution in [1.29, 1.82) is 0 Å². The zero-order chi connectivity index (χ0) is 26.4. The van der Waals surface area contributed by atoms with Crippen molar-refractivity contribution < 1.29 is 33.3 Å². The number of fused-ring (bicyclic) bond motifs is 3. The first kappa shape index (κ1) is 27.3. The molecule has 1 amide bonds. The van der Waals surface area contributed by atoms with Gasteiger partial charge in [0.15, 0.2) is 0 Å². The van der Waals surface area contributed by atoms with Crippen LogP contribution in [0.1, 0.15) is 27.4 Å². The van der Waals surface area contributed by atoms with Crippen LogP contribution in [0.5, 0.6) is 5.75 Å². The molecule has 0 spiro atoms. The maximum Gasteiger partial charge on any atom is 0.407 e. The summed E-state index contributed by atoms with van der Waals surface area (Å²) >= 11 is 0. The number of carbonyl (C=O) groups excluding carboxylic acids is 2. The van der Waals surface area contributed by atoms with E-state index < -0.39 is 6.09 Å². The summed E-state index contributed by atoms with van der Waals surface area (Å²) in [6.45, 7) is 3.65. The summed E-state index contributed by atoms with van der Waals surface area (Å²) in [5, 5.41) is 2.73. The summed E-state index contributed by atoms with van der Waals surface area (Å²) in [5.41, 5.74) is 5.39. The van der Waals surface area contributed by atoms with E-state index in [1.807, 2.05) is 24.3 Å². The fourth-order valence-corrected chi connectivity index (χ4v) is 4.28. The molecule has 0 aromatic heterocycles. The highest BCUT2D eigenvalue weighted by molar-refractivity contribution is 5.79.